The molecule has 3 heterocycles. The van der Waals surface area contributed by atoms with E-state index in [4.69, 9.17) is 4.52 Å². The summed E-state index contributed by atoms with van der Waals surface area (Å²) in [6.07, 6.45) is 0.713. The van der Waals surface area contributed by atoms with Gasteiger partial charge in [0.25, 0.3) is 5.91 Å². The minimum absolute atomic E-state index is 0.0760. The molecule has 0 aliphatic carbocycles. The van der Waals surface area contributed by atoms with Crippen LogP contribution in [0.2, 0.25) is 0 Å². The molecule has 0 N–H and O–H groups in total. The largest absolute Gasteiger partial charge is 0.360 e. The Labute approximate surface area is 132 Å². The van der Waals surface area contributed by atoms with Gasteiger partial charge in [-0.3, -0.25) is 4.79 Å². The first-order chi connectivity index (χ1) is 10.8. The summed E-state index contributed by atoms with van der Waals surface area (Å²) in [6.45, 7) is 1.23. The molecule has 0 radical (unpaired) electrons. The maximum Gasteiger partial charge on any atom is 0.255 e. The fraction of sp³-hybridized carbons (Fsp3) is 0.176. The fourth-order valence-corrected chi connectivity index (χ4v) is 3.40. The molecular weight excluding hydrogens is 296 g/mol. The molecule has 0 saturated carbocycles. The van der Waals surface area contributed by atoms with Crippen LogP contribution in [-0.4, -0.2) is 22.5 Å². The van der Waals surface area contributed by atoms with E-state index in [1.165, 1.54) is 0 Å². The van der Waals surface area contributed by atoms with Gasteiger partial charge in [0.2, 0.25) is 0 Å². The van der Waals surface area contributed by atoms with E-state index >= 15 is 0 Å². The Balaban J connectivity index is 1.66. The second kappa shape index (κ2) is 5.42. The van der Waals surface area contributed by atoms with Gasteiger partial charge in [0.15, 0.2) is 0 Å². The minimum atomic E-state index is 0.0760. The van der Waals surface area contributed by atoms with Gasteiger partial charge in [-0.25, -0.2) is 0 Å². The highest BCUT2D eigenvalue weighted by Crippen LogP contribution is 2.30. The summed E-state index contributed by atoms with van der Waals surface area (Å²) in [5, 5.41) is 8.03. The Hall–Kier alpha value is -2.40. The SMILES string of the molecule is O=C(c1ccsc1)N1CCc2onc(-c3ccccc3)c2C1. The second-order valence-electron chi connectivity index (χ2n) is 5.29. The molecule has 1 aromatic carbocycles. The maximum atomic E-state index is 12.5. The number of rotatable bonds is 2. The van der Waals surface area contributed by atoms with Gasteiger partial charge in [-0.05, 0) is 11.4 Å². The molecule has 110 valence electrons. The summed E-state index contributed by atoms with van der Waals surface area (Å²) < 4.78 is 5.47. The Morgan fingerprint density at radius 3 is 2.86 bits per heavy atom. The molecule has 2 aromatic heterocycles. The molecule has 3 aromatic rings. The van der Waals surface area contributed by atoms with Crippen LogP contribution in [0, 0.1) is 0 Å². The van der Waals surface area contributed by atoms with Crippen LogP contribution >= 0.6 is 11.3 Å². The lowest BCUT2D eigenvalue weighted by atomic mass is 10.0. The number of fused-ring (bicyclic) bond motifs is 1. The highest BCUT2D eigenvalue weighted by Gasteiger charge is 2.28. The van der Waals surface area contributed by atoms with Crippen LogP contribution in [0.25, 0.3) is 11.3 Å². The predicted molar refractivity (Wildman–Crippen MR) is 84.7 cm³/mol. The Morgan fingerprint density at radius 2 is 2.09 bits per heavy atom. The van der Waals surface area contributed by atoms with E-state index in [1.807, 2.05) is 52.1 Å². The minimum Gasteiger partial charge on any atom is -0.360 e. The number of thiophene rings is 1. The molecule has 4 rings (SSSR count). The second-order valence-corrected chi connectivity index (χ2v) is 6.07. The van der Waals surface area contributed by atoms with Crippen molar-refractivity contribution in [1.29, 1.82) is 0 Å². The van der Waals surface area contributed by atoms with E-state index in [2.05, 4.69) is 5.16 Å². The molecule has 1 amide bonds. The summed E-state index contributed by atoms with van der Waals surface area (Å²) in [7, 11) is 0. The first-order valence-corrected chi connectivity index (χ1v) is 8.11. The summed E-state index contributed by atoms with van der Waals surface area (Å²) >= 11 is 1.54. The highest BCUT2D eigenvalue weighted by atomic mass is 32.1. The smallest absolute Gasteiger partial charge is 0.255 e. The number of carbonyl (C=O) groups is 1. The topological polar surface area (TPSA) is 46.3 Å². The number of nitrogens with zero attached hydrogens (tertiary/aromatic N) is 2. The van der Waals surface area contributed by atoms with Gasteiger partial charge in [-0.1, -0.05) is 35.5 Å². The molecule has 1 aliphatic rings. The van der Waals surface area contributed by atoms with Crippen molar-refractivity contribution in [3.63, 3.8) is 0 Å². The third-order valence-corrected chi connectivity index (χ3v) is 4.61. The third-order valence-electron chi connectivity index (χ3n) is 3.93. The van der Waals surface area contributed by atoms with Crippen molar-refractivity contribution >= 4 is 17.2 Å². The normalized spacial score (nSPS) is 13.9. The summed E-state index contributed by atoms with van der Waals surface area (Å²) in [6, 6.07) is 11.8. The lowest BCUT2D eigenvalue weighted by molar-refractivity contribution is 0.0729. The van der Waals surface area contributed by atoms with Crippen LogP contribution in [0.1, 0.15) is 21.7 Å². The first-order valence-electron chi connectivity index (χ1n) is 7.17. The lowest BCUT2D eigenvalue weighted by Crippen LogP contribution is -2.35. The van der Waals surface area contributed by atoms with Crippen LogP contribution in [0.3, 0.4) is 0 Å². The molecule has 0 unspecified atom stereocenters. The van der Waals surface area contributed by atoms with E-state index < -0.39 is 0 Å². The maximum absolute atomic E-state index is 12.5. The molecule has 0 saturated heterocycles. The zero-order valence-electron chi connectivity index (χ0n) is 11.9. The van der Waals surface area contributed by atoms with Crippen LogP contribution < -0.4 is 0 Å². The number of hydrogen-bond donors (Lipinski definition) is 0. The third kappa shape index (κ3) is 2.23. The first kappa shape index (κ1) is 13.3. The lowest BCUT2D eigenvalue weighted by Gasteiger charge is -2.26. The number of benzene rings is 1. The standard InChI is InChI=1S/C17H14N2O2S/c20-17(13-7-9-22-11-13)19-8-6-15-14(10-19)16(18-21-15)12-4-2-1-3-5-12/h1-5,7,9,11H,6,8,10H2. The van der Waals surface area contributed by atoms with Gasteiger partial charge >= 0.3 is 0 Å². The van der Waals surface area contributed by atoms with E-state index in [0.29, 0.717) is 19.5 Å². The molecule has 4 nitrogen and oxygen atoms in total. The van der Waals surface area contributed by atoms with Gasteiger partial charge in [-0.2, -0.15) is 11.3 Å². The summed E-state index contributed by atoms with van der Waals surface area (Å²) in [4.78, 5) is 14.4. The van der Waals surface area contributed by atoms with Crippen molar-refractivity contribution in [3.05, 3.63) is 64.0 Å². The average molecular weight is 310 g/mol. The van der Waals surface area contributed by atoms with Crippen molar-refractivity contribution in [1.82, 2.24) is 10.1 Å². The molecule has 22 heavy (non-hydrogen) atoms. The Morgan fingerprint density at radius 1 is 1.23 bits per heavy atom. The monoisotopic (exact) mass is 310 g/mol. The van der Waals surface area contributed by atoms with E-state index in [9.17, 15) is 4.79 Å². The van der Waals surface area contributed by atoms with Gasteiger partial charge in [0.1, 0.15) is 11.5 Å². The predicted octanol–water partition coefficient (Wildman–Crippen LogP) is 3.60. The molecule has 1 aliphatic heterocycles. The molecule has 0 spiro atoms. The van der Waals surface area contributed by atoms with E-state index in [0.717, 1.165) is 28.1 Å². The Bertz CT molecular complexity index is 793. The summed E-state index contributed by atoms with van der Waals surface area (Å²) in [5.74, 6) is 0.973. The van der Waals surface area contributed by atoms with Gasteiger partial charge in [0, 0.05) is 29.5 Å². The van der Waals surface area contributed by atoms with Crippen molar-refractivity contribution in [2.24, 2.45) is 0 Å². The number of amides is 1. The molecule has 0 atom stereocenters. The van der Waals surface area contributed by atoms with E-state index in [1.54, 1.807) is 11.3 Å². The van der Waals surface area contributed by atoms with Crippen LogP contribution in [0.5, 0.6) is 0 Å². The van der Waals surface area contributed by atoms with Crippen LogP contribution in [-0.2, 0) is 13.0 Å². The number of aromatic nitrogens is 1. The Kier molecular flexibility index (Phi) is 3.27. The van der Waals surface area contributed by atoms with Crippen molar-refractivity contribution < 1.29 is 9.32 Å². The average Bonchev–Trinajstić information content (AvgIpc) is 3.24. The van der Waals surface area contributed by atoms with Crippen LogP contribution in [0.15, 0.2) is 51.7 Å². The molecule has 0 bridgehead atoms. The van der Waals surface area contributed by atoms with Crippen molar-refractivity contribution in [2.45, 2.75) is 13.0 Å². The molecule has 0 fully saturated rings. The van der Waals surface area contributed by atoms with Crippen LogP contribution in [0.4, 0.5) is 0 Å². The number of hydrogen-bond acceptors (Lipinski definition) is 4. The molecular formula is C17H14N2O2S. The quantitative estimate of drug-likeness (QED) is 0.726. The zero-order chi connectivity index (χ0) is 14.9. The molecule has 5 heteroatoms. The zero-order valence-corrected chi connectivity index (χ0v) is 12.7. The fourth-order valence-electron chi connectivity index (χ4n) is 2.77. The summed E-state index contributed by atoms with van der Waals surface area (Å²) in [5.41, 5.74) is 3.66. The van der Waals surface area contributed by atoms with E-state index in [-0.39, 0.29) is 5.91 Å². The number of carbonyl (C=O) groups excluding carboxylic acids is 1. The van der Waals surface area contributed by atoms with Gasteiger partial charge in [-0.15, -0.1) is 0 Å². The highest BCUT2D eigenvalue weighted by molar-refractivity contribution is 7.08. The van der Waals surface area contributed by atoms with Gasteiger partial charge in [0.05, 0.1) is 12.1 Å². The van der Waals surface area contributed by atoms with Crippen molar-refractivity contribution in [2.75, 3.05) is 6.54 Å². The van der Waals surface area contributed by atoms with Crippen molar-refractivity contribution in [3.8, 4) is 11.3 Å². The van der Waals surface area contributed by atoms with Gasteiger partial charge < -0.3 is 9.42 Å².